The zero-order valence-corrected chi connectivity index (χ0v) is 15.8. The molecule has 2 aromatic rings. The summed E-state index contributed by atoms with van der Waals surface area (Å²) in [5.74, 6) is -0.529. The molecule has 0 atom stereocenters. The van der Waals surface area contributed by atoms with Crippen molar-refractivity contribution in [1.82, 2.24) is 0 Å². The number of aliphatic hydroxyl groups is 1. The second kappa shape index (κ2) is 10.2. The monoisotopic (exact) mass is 405 g/mol. The molecule has 0 aliphatic carbocycles. The van der Waals surface area contributed by atoms with Crippen LogP contribution in [0.3, 0.4) is 0 Å². The molecule has 150 valence electrons. The third kappa shape index (κ3) is 7.99. The fourth-order valence-electron chi connectivity index (χ4n) is 1.97. The highest BCUT2D eigenvalue weighted by atomic mass is 32.2. The molecule has 2 aromatic carbocycles. The van der Waals surface area contributed by atoms with Gasteiger partial charge in [-0.1, -0.05) is 48.6 Å². The van der Waals surface area contributed by atoms with Crippen molar-refractivity contribution in [2.45, 2.75) is 0 Å². The predicted molar refractivity (Wildman–Crippen MR) is 112 cm³/mol. The van der Waals surface area contributed by atoms with Crippen molar-refractivity contribution in [3.8, 4) is 0 Å². The van der Waals surface area contributed by atoms with Crippen LogP contribution in [-0.2, 0) is 10.1 Å². The van der Waals surface area contributed by atoms with Crippen molar-refractivity contribution in [2.24, 2.45) is 11.5 Å². The van der Waals surface area contributed by atoms with E-state index in [1.165, 1.54) is 0 Å². The molecule has 0 saturated heterocycles. The van der Waals surface area contributed by atoms with Crippen LogP contribution in [0, 0.1) is 10.8 Å². The summed E-state index contributed by atoms with van der Waals surface area (Å²) in [6, 6.07) is 12.6. The summed E-state index contributed by atoms with van der Waals surface area (Å²) in [5, 5.41) is 22.6. The van der Waals surface area contributed by atoms with Gasteiger partial charge in [-0.3, -0.25) is 15.4 Å². The highest BCUT2D eigenvalue weighted by molar-refractivity contribution is 7.85. The smallest absolute Gasteiger partial charge is 0.267 e. The normalized spacial score (nSPS) is 10.9. The van der Waals surface area contributed by atoms with Crippen molar-refractivity contribution >= 4 is 39.6 Å². The Bertz CT molecular complexity index is 970. The van der Waals surface area contributed by atoms with Gasteiger partial charge < -0.3 is 22.3 Å². The van der Waals surface area contributed by atoms with E-state index in [2.05, 4.69) is 0 Å². The highest BCUT2D eigenvalue weighted by Gasteiger charge is 2.01. The van der Waals surface area contributed by atoms with Crippen molar-refractivity contribution in [2.75, 3.05) is 18.1 Å². The Kier molecular flexibility index (Phi) is 8.32. The quantitative estimate of drug-likeness (QED) is 0.121. The van der Waals surface area contributed by atoms with Crippen molar-refractivity contribution < 1.29 is 18.1 Å². The average Bonchev–Trinajstić information content (AvgIpc) is 2.60. The van der Waals surface area contributed by atoms with Crippen LogP contribution in [0.4, 0.5) is 5.69 Å². The number of aliphatic hydroxyl groups excluding tert-OH is 1. The van der Waals surface area contributed by atoms with Gasteiger partial charge in [0.15, 0.2) is 0 Å². The summed E-state index contributed by atoms with van der Waals surface area (Å²) in [6.07, 6.45) is 3.81. The van der Waals surface area contributed by atoms with Crippen LogP contribution < -0.4 is 17.2 Å². The molecule has 0 spiro atoms. The van der Waals surface area contributed by atoms with Gasteiger partial charge in [0.25, 0.3) is 10.1 Å². The Hall–Kier alpha value is -3.21. The second-order valence-corrected chi connectivity index (χ2v) is 7.21. The molecule has 9 nitrogen and oxygen atoms in total. The van der Waals surface area contributed by atoms with E-state index in [9.17, 15) is 8.42 Å². The first-order chi connectivity index (χ1) is 13.0. The van der Waals surface area contributed by atoms with Crippen molar-refractivity contribution in [3.63, 3.8) is 0 Å². The van der Waals surface area contributed by atoms with E-state index in [0.717, 1.165) is 11.1 Å². The van der Waals surface area contributed by atoms with E-state index in [1.807, 2.05) is 30.4 Å². The Morgan fingerprint density at radius 1 is 0.964 bits per heavy atom. The SMILES string of the molecule is N=C(N)c1ccc(/C=C/c2ccc(C(=N)N)cc2N)cc1.O=S(=O)(O)CCO. The predicted octanol–water partition coefficient (Wildman–Crippen LogP) is 0.874. The lowest BCUT2D eigenvalue weighted by atomic mass is 10.1. The van der Waals surface area contributed by atoms with E-state index in [4.69, 9.17) is 37.7 Å². The fourth-order valence-corrected chi connectivity index (χ4v) is 2.20. The number of rotatable bonds is 6. The van der Waals surface area contributed by atoms with Crippen molar-refractivity contribution in [3.05, 3.63) is 64.7 Å². The van der Waals surface area contributed by atoms with Crippen LogP contribution in [0.1, 0.15) is 22.3 Å². The summed E-state index contributed by atoms with van der Waals surface area (Å²) < 4.78 is 27.1. The van der Waals surface area contributed by atoms with Gasteiger partial charge in [-0.15, -0.1) is 0 Å². The summed E-state index contributed by atoms with van der Waals surface area (Å²) in [5.41, 5.74) is 20.5. The Morgan fingerprint density at radius 3 is 1.89 bits per heavy atom. The first-order valence-electron chi connectivity index (χ1n) is 7.96. The Balaban J connectivity index is 0.000000480. The molecule has 0 amide bonds. The van der Waals surface area contributed by atoms with Gasteiger partial charge in [-0.05, 0) is 17.2 Å². The molecule has 10 heteroatoms. The molecular weight excluding hydrogens is 382 g/mol. The minimum absolute atomic E-state index is 0.00273. The van der Waals surface area contributed by atoms with Gasteiger partial charge in [0.2, 0.25) is 0 Å². The summed E-state index contributed by atoms with van der Waals surface area (Å²) in [6.45, 7) is -0.529. The number of nitrogens with two attached hydrogens (primary N) is 3. The zero-order chi connectivity index (χ0) is 21.3. The minimum atomic E-state index is -3.92. The van der Waals surface area contributed by atoms with Crippen LogP contribution in [0.15, 0.2) is 42.5 Å². The molecule has 10 N–H and O–H groups in total. The van der Waals surface area contributed by atoms with Gasteiger partial charge in [0, 0.05) is 16.8 Å². The number of hydrogen-bond acceptors (Lipinski definition) is 6. The maximum atomic E-state index is 9.63. The number of nitrogen functional groups attached to an aromatic ring is 3. The maximum Gasteiger partial charge on any atom is 0.267 e. The lowest BCUT2D eigenvalue weighted by molar-refractivity contribution is 0.315. The Morgan fingerprint density at radius 2 is 1.50 bits per heavy atom. The summed E-state index contributed by atoms with van der Waals surface area (Å²) in [7, 11) is -3.92. The standard InChI is InChI=1S/C16H17N5.C2H6O4S/c17-14-9-13(16(20)21)8-7-11(14)4-1-10-2-5-12(6-3-10)15(18)19;3-1-2-7(4,5)6/h1-9H,17H2,(H3,18,19)(H3,20,21);3H,1-2H2,(H,4,5,6)/b4-1+;. The van der Waals surface area contributed by atoms with Crippen LogP contribution >= 0.6 is 0 Å². The minimum Gasteiger partial charge on any atom is -0.398 e. The van der Waals surface area contributed by atoms with Gasteiger partial charge in [-0.25, -0.2) is 0 Å². The number of amidine groups is 2. The van der Waals surface area contributed by atoms with Gasteiger partial charge in [-0.2, -0.15) is 8.42 Å². The number of anilines is 1. The second-order valence-electron chi connectivity index (χ2n) is 5.64. The molecule has 0 bridgehead atoms. The lowest BCUT2D eigenvalue weighted by Crippen LogP contribution is -2.11. The third-order valence-corrected chi connectivity index (χ3v) is 4.12. The fraction of sp³-hybridized carbons (Fsp3) is 0.111. The van der Waals surface area contributed by atoms with E-state index < -0.39 is 22.5 Å². The van der Waals surface area contributed by atoms with Gasteiger partial charge in [0.1, 0.15) is 11.7 Å². The molecule has 0 aromatic heterocycles. The molecule has 0 fully saturated rings. The highest BCUT2D eigenvalue weighted by Crippen LogP contribution is 2.17. The summed E-state index contributed by atoms with van der Waals surface area (Å²) in [4.78, 5) is 0. The zero-order valence-electron chi connectivity index (χ0n) is 15.0. The molecule has 0 unspecified atom stereocenters. The van der Waals surface area contributed by atoms with Crippen LogP contribution in [0.25, 0.3) is 12.2 Å². The maximum absolute atomic E-state index is 9.63. The summed E-state index contributed by atoms with van der Waals surface area (Å²) >= 11 is 0. The lowest BCUT2D eigenvalue weighted by Gasteiger charge is -2.04. The number of nitrogens with one attached hydrogen (secondary N) is 2. The molecule has 2 rings (SSSR count). The number of benzene rings is 2. The van der Waals surface area contributed by atoms with Crippen LogP contribution in [0.2, 0.25) is 0 Å². The third-order valence-electron chi connectivity index (χ3n) is 3.42. The van der Waals surface area contributed by atoms with Gasteiger partial charge >= 0.3 is 0 Å². The molecule has 0 aliphatic heterocycles. The first-order valence-corrected chi connectivity index (χ1v) is 9.57. The van der Waals surface area contributed by atoms with Gasteiger partial charge in [0.05, 0.1) is 12.4 Å². The van der Waals surface area contributed by atoms with E-state index >= 15 is 0 Å². The molecule has 0 saturated carbocycles. The topological polar surface area (TPSA) is 200 Å². The molecule has 0 heterocycles. The molecule has 28 heavy (non-hydrogen) atoms. The van der Waals surface area contributed by atoms with Crippen LogP contribution in [-0.4, -0.2) is 42.1 Å². The van der Waals surface area contributed by atoms with E-state index in [0.29, 0.717) is 16.8 Å². The number of hydrogen-bond donors (Lipinski definition) is 7. The Labute approximate surface area is 163 Å². The van der Waals surface area contributed by atoms with Crippen LogP contribution in [0.5, 0.6) is 0 Å². The molecular formula is C18H23N5O4S. The average molecular weight is 405 g/mol. The molecule has 0 radical (unpaired) electrons. The van der Waals surface area contributed by atoms with E-state index in [-0.39, 0.29) is 11.7 Å². The van der Waals surface area contributed by atoms with E-state index in [1.54, 1.807) is 24.3 Å². The largest absolute Gasteiger partial charge is 0.398 e. The first kappa shape index (κ1) is 22.8. The molecule has 0 aliphatic rings. The van der Waals surface area contributed by atoms with Crippen molar-refractivity contribution in [1.29, 1.82) is 10.8 Å².